The molecule has 3 nitrogen and oxygen atoms in total. The van der Waals surface area contributed by atoms with Gasteiger partial charge in [-0.2, -0.15) is 0 Å². The Morgan fingerprint density at radius 2 is 1.94 bits per heavy atom. The van der Waals surface area contributed by atoms with Gasteiger partial charge in [-0.25, -0.2) is 0 Å². The predicted molar refractivity (Wildman–Crippen MR) is 74.6 cm³/mol. The highest BCUT2D eigenvalue weighted by Crippen LogP contribution is 1.96. The summed E-state index contributed by atoms with van der Waals surface area (Å²) in [5.41, 5.74) is 1.31. The van der Waals surface area contributed by atoms with E-state index in [0.29, 0.717) is 0 Å². The van der Waals surface area contributed by atoms with E-state index in [0.717, 1.165) is 31.9 Å². The Bertz CT molecular complexity index is 329. The minimum atomic E-state index is -0.685. The summed E-state index contributed by atoms with van der Waals surface area (Å²) >= 11 is 0. The Balaban J connectivity index is 2.06. The molecule has 1 atom stereocenters. The molecule has 0 aromatic heterocycles. The molecule has 0 amide bonds. The summed E-state index contributed by atoms with van der Waals surface area (Å²) < 4.78 is 10.9. The van der Waals surface area contributed by atoms with E-state index >= 15 is 0 Å². The van der Waals surface area contributed by atoms with Crippen LogP contribution in [-0.4, -0.2) is 47.8 Å². The first kappa shape index (κ1) is 14.4. The van der Waals surface area contributed by atoms with E-state index in [9.17, 15) is 4.21 Å². The molecule has 1 N–H and O–H groups in total. The fourth-order valence-corrected chi connectivity index (χ4v) is 2.06. The van der Waals surface area contributed by atoms with Gasteiger partial charge >= 0.3 is 0 Å². The molecular weight excluding hydrogens is 232 g/mol. The summed E-state index contributed by atoms with van der Waals surface area (Å²) in [5, 5.41) is 3.40. The molecule has 17 heavy (non-hydrogen) atoms. The molecule has 0 aliphatic heterocycles. The van der Waals surface area contributed by atoms with Crippen LogP contribution in [0.4, 0.5) is 0 Å². The quantitative estimate of drug-likeness (QED) is 0.705. The first-order valence-electron chi connectivity index (χ1n) is 5.91. The molecule has 0 saturated carbocycles. The van der Waals surface area contributed by atoms with Crippen molar-refractivity contribution in [1.82, 2.24) is 10.2 Å². The van der Waals surface area contributed by atoms with Crippen LogP contribution in [0.1, 0.15) is 5.56 Å². The third kappa shape index (κ3) is 7.26. The minimum Gasteiger partial charge on any atom is -0.311 e. The van der Waals surface area contributed by atoms with E-state index in [4.69, 9.17) is 0 Å². The van der Waals surface area contributed by atoms with E-state index < -0.39 is 10.8 Å². The van der Waals surface area contributed by atoms with Gasteiger partial charge in [-0.05, 0) is 12.6 Å². The van der Waals surface area contributed by atoms with E-state index in [1.165, 1.54) is 5.56 Å². The Labute approximate surface area is 107 Å². The van der Waals surface area contributed by atoms with E-state index in [-0.39, 0.29) is 0 Å². The zero-order chi connectivity index (χ0) is 12.5. The fraction of sp³-hybridized carbons (Fsp3) is 0.538. The molecule has 1 unspecified atom stereocenters. The lowest BCUT2D eigenvalue weighted by Crippen LogP contribution is -2.31. The summed E-state index contributed by atoms with van der Waals surface area (Å²) in [7, 11) is 1.38. The largest absolute Gasteiger partial charge is 0.311 e. The van der Waals surface area contributed by atoms with Crippen LogP contribution in [-0.2, 0) is 17.3 Å². The average molecular weight is 254 g/mol. The van der Waals surface area contributed by atoms with Crippen molar-refractivity contribution in [2.24, 2.45) is 0 Å². The van der Waals surface area contributed by atoms with Crippen LogP contribution in [0, 0.1) is 0 Å². The van der Waals surface area contributed by atoms with Gasteiger partial charge < -0.3 is 10.2 Å². The van der Waals surface area contributed by atoms with Gasteiger partial charge in [0.1, 0.15) is 0 Å². The molecule has 0 heterocycles. The van der Waals surface area contributed by atoms with Crippen LogP contribution in [0.5, 0.6) is 0 Å². The van der Waals surface area contributed by atoms with Crippen LogP contribution < -0.4 is 5.32 Å². The number of likely N-dealkylation sites (N-methyl/N-ethyl adjacent to an activating group) is 1. The van der Waals surface area contributed by atoms with Crippen LogP contribution in [0.25, 0.3) is 0 Å². The number of nitrogens with one attached hydrogen (secondary N) is 1. The van der Waals surface area contributed by atoms with Gasteiger partial charge in [0.05, 0.1) is 0 Å². The maximum atomic E-state index is 10.9. The Hall–Kier alpha value is -0.710. The first-order chi connectivity index (χ1) is 8.18. The van der Waals surface area contributed by atoms with Crippen molar-refractivity contribution in [3.63, 3.8) is 0 Å². The Morgan fingerprint density at radius 3 is 2.59 bits per heavy atom. The summed E-state index contributed by atoms with van der Waals surface area (Å²) in [4.78, 5) is 2.21. The van der Waals surface area contributed by atoms with Crippen molar-refractivity contribution < 1.29 is 4.21 Å². The first-order valence-corrected chi connectivity index (χ1v) is 7.64. The molecule has 1 rings (SSSR count). The van der Waals surface area contributed by atoms with Crippen molar-refractivity contribution >= 4 is 10.8 Å². The van der Waals surface area contributed by atoms with Crippen molar-refractivity contribution in [2.45, 2.75) is 6.54 Å². The van der Waals surface area contributed by atoms with Crippen LogP contribution in [0.3, 0.4) is 0 Å². The van der Waals surface area contributed by atoms with Crippen LogP contribution in [0.15, 0.2) is 30.3 Å². The molecule has 0 saturated heterocycles. The Morgan fingerprint density at radius 1 is 1.24 bits per heavy atom. The lowest BCUT2D eigenvalue weighted by atomic mass is 10.2. The van der Waals surface area contributed by atoms with Gasteiger partial charge in [0.15, 0.2) is 0 Å². The van der Waals surface area contributed by atoms with Crippen molar-refractivity contribution in [3.05, 3.63) is 35.9 Å². The second-order valence-electron chi connectivity index (χ2n) is 4.24. The fourth-order valence-electron chi connectivity index (χ4n) is 1.49. The van der Waals surface area contributed by atoms with Gasteiger partial charge in [-0.1, -0.05) is 30.3 Å². The third-order valence-corrected chi connectivity index (χ3v) is 3.36. The topological polar surface area (TPSA) is 32.3 Å². The third-order valence-electron chi connectivity index (χ3n) is 2.60. The summed E-state index contributed by atoms with van der Waals surface area (Å²) in [6, 6.07) is 10.4. The maximum Gasteiger partial charge on any atom is 0.0359 e. The van der Waals surface area contributed by atoms with E-state index in [2.05, 4.69) is 41.5 Å². The zero-order valence-corrected chi connectivity index (χ0v) is 11.5. The number of hydrogen-bond acceptors (Lipinski definition) is 3. The maximum absolute atomic E-state index is 10.9. The van der Waals surface area contributed by atoms with Crippen LogP contribution in [0.2, 0.25) is 0 Å². The molecule has 1 aromatic carbocycles. The van der Waals surface area contributed by atoms with Crippen molar-refractivity contribution in [2.75, 3.05) is 38.7 Å². The normalized spacial score (nSPS) is 12.9. The summed E-state index contributed by atoms with van der Waals surface area (Å²) in [6.45, 7) is 3.76. The monoisotopic (exact) mass is 254 g/mol. The van der Waals surface area contributed by atoms with Gasteiger partial charge in [0, 0.05) is 49.0 Å². The highest BCUT2D eigenvalue weighted by molar-refractivity contribution is 7.84. The molecule has 0 aliphatic carbocycles. The minimum absolute atomic E-state index is 0.685. The number of nitrogens with zero attached hydrogens (tertiary/aromatic N) is 1. The molecule has 0 aliphatic rings. The van der Waals surface area contributed by atoms with Gasteiger partial charge in [0.2, 0.25) is 0 Å². The van der Waals surface area contributed by atoms with Gasteiger partial charge in [0.25, 0.3) is 0 Å². The van der Waals surface area contributed by atoms with E-state index in [1.54, 1.807) is 6.26 Å². The van der Waals surface area contributed by atoms with Gasteiger partial charge in [-0.15, -0.1) is 0 Å². The van der Waals surface area contributed by atoms with Crippen LogP contribution >= 0.6 is 0 Å². The summed E-state index contributed by atoms with van der Waals surface area (Å²) in [6.07, 6.45) is 1.75. The second-order valence-corrected chi connectivity index (χ2v) is 5.80. The molecule has 1 aromatic rings. The molecule has 0 bridgehead atoms. The van der Waals surface area contributed by atoms with E-state index in [1.807, 2.05) is 6.07 Å². The Kier molecular flexibility index (Phi) is 7.08. The molecule has 0 radical (unpaired) electrons. The zero-order valence-electron chi connectivity index (χ0n) is 10.7. The smallest absolute Gasteiger partial charge is 0.0359 e. The molecule has 4 heteroatoms. The highest BCUT2D eigenvalue weighted by atomic mass is 32.2. The van der Waals surface area contributed by atoms with Crippen molar-refractivity contribution in [1.29, 1.82) is 0 Å². The SMILES string of the molecule is CN(CCNCc1ccccc1)CCS(C)=O. The van der Waals surface area contributed by atoms with Gasteiger partial charge in [-0.3, -0.25) is 4.21 Å². The predicted octanol–water partition coefficient (Wildman–Crippen LogP) is 1.09. The molecule has 96 valence electrons. The second kappa shape index (κ2) is 8.39. The van der Waals surface area contributed by atoms with Crippen molar-refractivity contribution in [3.8, 4) is 0 Å². The lowest BCUT2D eigenvalue weighted by molar-refractivity contribution is 0.350. The average Bonchev–Trinajstić information content (AvgIpc) is 2.33. The number of hydrogen-bond donors (Lipinski definition) is 1. The number of rotatable bonds is 8. The number of benzene rings is 1. The lowest BCUT2D eigenvalue weighted by Gasteiger charge is -2.16. The molecule has 0 fully saturated rings. The molecular formula is C13H22N2OS. The summed E-state index contributed by atoms with van der Waals surface area (Å²) in [5.74, 6) is 0.759. The standard InChI is InChI=1S/C13H22N2OS/c1-15(10-11-17(2)16)9-8-14-12-13-6-4-3-5-7-13/h3-7,14H,8-12H2,1-2H3. The molecule has 0 spiro atoms. The highest BCUT2D eigenvalue weighted by Gasteiger charge is 1.99.